The minimum Gasteiger partial charge on any atom is -0.343 e. The third-order valence-electron chi connectivity index (χ3n) is 6.32. The number of amides is 1. The second-order valence-electron chi connectivity index (χ2n) is 8.80. The number of H-pyrrole nitrogens is 1. The molecule has 2 aliphatic heterocycles. The summed E-state index contributed by atoms with van der Waals surface area (Å²) in [4.78, 5) is 19.2. The van der Waals surface area contributed by atoms with Gasteiger partial charge in [0.15, 0.2) is 0 Å². The summed E-state index contributed by atoms with van der Waals surface area (Å²) in [5.74, 6) is 1.86. The summed E-state index contributed by atoms with van der Waals surface area (Å²) in [6.07, 6.45) is 2.31. The normalized spacial score (nSPS) is 18.2. The van der Waals surface area contributed by atoms with Crippen LogP contribution in [0.2, 0.25) is 0 Å². The van der Waals surface area contributed by atoms with Crippen molar-refractivity contribution in [2.24, 2.45) is 5.10 Å². The van der Waals surface area contributed by atoms with Crippen LogP contribution in [-0.4, -0.2) is 74.7 Å². The highest BCUT2D eigenvalue weighted by atomic mass is 16.2. The molecule has 5 rings (SSSR count). The van der Waals surface area contributed by atoms with Crippen molar-refractivity contribution >= 4 is 17.7 Å². The highest BCUT2D eigenvalue weighted by Gasteiger charge is 2.33. The zero-order valence-corrected chi connectivity index (χ0v) is 19.3. The Morgan fingerprint density at radius 3 is 2.58 bits per heavy atom. The number of anilines is 1. The van der Waals surface area contributed by atoms with Gasteiger partial charge in [-0.3, -0.25) is 9.89 Å². The quantitative estimate of drug-likeness (QED) is 0.643. The number of aromatic nitrogens is 3. The summed E-state index contributed by atoms with van der Waals surface area (Å²) in [5.41, 5.74) is 4.32. The number of rotatable bonds is 4. The maximum Gasteiger partial charge on any atom is 0.227 e. The zero-order chi connectivity index (χ0) is 22.9. The van der Waals surface area contributed by atoms with Crippen LogP contribution >= 0.6 is 0 Å². The molecule has 1 saturated heterocycles. The van der Waals surface area contributed by atoms with Crippen molar-refractivity contribution in [3.63, 3.8) is 0 Å². The number of nitrogens with zero attached hydrogens (tertiary/aromatic N) is 6. The Morgan fingerprint density at radius 1 is 1.12 bits per heavy atom. The Balaban J connectivity index is 1.26. The molecule has 172 valence electrons. The molecule has 9 nitrogen and oxygen atoms in total. The van der Waals surface area contributed by atoms with E-state index in [0.717, 1.165) is 41.8 Å². The average Bonchev–Trinajstić information content (AvgIpc) is 3.45. The molecule has 2 N–H and O–H groups in total. The van der Waals surface area contributed by atoms with Crippen LogP contribution in [0, 0.1) is 13.8 Å². The SMILES string of the molecule is Cc1ccc(CC(=O)N2CCN(C3=Nn4cccc4C(Nc4cc(C)[nH]n4)N3C)CC2)cc1. The Labute approximate surface area is 193 Å². The first-order valence-corrected chi connectivity index (χ1v) is 11.3. The number of aromatic amines is 1. The molecule has 2 aliphatic rings. The first-order chi connectivity index (χ1) is 16.0. The fourth-order valence-electron chi connectivity index (χ4n) is 4.41. The second-order valence-corrected chi connectivity index (χ2v) is 8.80. The molecule has 1 fully saturated rings. The van der Waals surface area contributed by atoms with E-state index in [1.165, 1.54) is 5.56 Å². The van der Waals surface area contributed by atoms with Crippen LogP contribution in [0.15, 0.2) is 53.8 Å². The molecule has 1 atom stereocenters. The fourth-order valence-corrected chi connectivity index (χ4v) is 4.41. The minimum atomic E-state index is -0.101. The van der Waals surface area contributed by atoms with Gasteiger partial charge in [-0.05, 0) is 31.5 Å². The van der Waals surface area contributed by atoms with Gasteiger partial charge in [0.1, 0.15) is 12.0 Å². The molecule has 1 amide bonds. The van der Waals surface area contributed by atoms with Gasteiger partial charge >= 0.3 is 0 Å². The van der Waals surface area contributed by atoms with E-state index in [0.29, 0.717) is 19.5 Å². The van der Waals surface area contributed by atoms with Gasteiger partial charge < -0.3 is 20.0 Å². The highest BCUT2D eigenvalue weighted by Crippen LogP contribution is 2.27. The van der Waals surface area contributed by atoms with Crippen molar-refractivity contribution in [1.29, 1.82) is 0 Å². The molecule has 0 bridgehead atoms. The molecule has 1 aromatic carbocycles. The number of piperazine rings is 1. The van der Waals surface area contributed by atoms with Crippen LogP contribution in [0.5, 0.6) is 0 Å². The fraction of sp³-hybridized carbons (Fsp3) is 0.375. The third kappa shape index (κ3) is 4.30. The zero-order valence-electron chi connectivity index (χ0n) is 19.3. The van der Waals surface area contributed by atoms with Crippen LogP contribution < -0.4 is 5.32 Å². The number of hydrogen-bond acceptors (Lipinski definition) is 6. The van der Waals surface area contributed by atoms with Crippen molar-refractivity contribution in [2.75, 3.05) is 38.5 Å². The van der Waals surface area contributed by atoms with E-state index < -0.39 is 0 Å². The maximum atomic E-state index is 12.8. The number of carbonyl (C=O) groups is 1. The van der Waals surface area contributed by atoms with E-state index in [9.17, 15) is 4.79 Å². The Bertz CT molecular complexity index is 1150. The molecule has 0 radical (unpaired) electrons. The van der Waals surface area contributed by atoms with Crippen molar-refractivity contribution in [2.45, 2.75) is 26.4 Å². The van der Waals surface area contributed by atoms with E-state index in [-0.39, 0.29) is 12.1 Å². The van der Waals surface area contributed by atoms with Gasteiger partial charge in [-0.2, -0.15) is 5.10 Å². The largest absolute Gasteiger partial charge is 0.343 e. The van der Waals surface area contributed by atoms with E-state index in [1.807, 2.05) is 54.0 Å². The summed E-state index contributed by atoms with van der Waals surface area (Å²) in [5, 5.41) is 15.7. The molecule has 0 saturated carbocycles. The lowest BCUT2D eigenvalue weighted by atomic mass is 10.1. The number of carbonyl (C=O) groups excluding carboxylic acids is 1. The minimum absolute atomic E-state index is 0.101. The van der Waals surface area contributed by atoms with Gasteiger partial charge in [-0.1, -0.05) is 29.8 Å². The third-order valence-corrected chi connectivity index (χ3v) is 6.32. The predicted octanol–water partition coefficient (Wildman–Crippen LogP) is 2.39. The van der Waals surface area contributed by atoms with Gasteiger partial charge in [-0.25, -0.2) is 4.68 Å². The highest BCUT2D eigenvalue weighted by molar-refractivity contribution is 5.82. The lowest BCUT2D eigenvalue weighted by Crippen LogP contribution is -2.56. The van der Waals surface area contributed by atoms with Crippen molar-refractivity contribution in [1.82, 2.24) is 29.6 Å². The second kappa shape index (κ2) is 8.65. The smallest absolute Gasteiger partial charge is 0.227 e. The maximum absolute atomic E-state index is 12.8. The summed E-state index contributed by atoms with van der Waals surface area (Å²) in [6, 6.07) is 14.3. The molecular formula is C24H30N8O. The number of fused-ring (bicyclic) bond motifs is 1. The van der Waals surface area contributed by atoms with E-state index >= 15 is 0 Å². The summed E-state index contributed by atoms with van der Waals surface area (Å²) >= 11 is 0. The number of nitrogens with one attached hydrogen (secondary N) is 2. The molecule has 0 aliphatic carbocycles. The lowest BCUT2D eigenvalue weighted by Gasteiger charge is -2.43. The summed E-state index contributed by atoms with van der Waals surface area (Å²) in [7, 11) is 2.04. The van der Waals surface area contributed by atoms with Gasteiger partial charge in [0, 0.05) is 51.2 Å². The van der Waals surface area contributed by atoms with Crippen LogP contribution in [0.1, 0.15) is 28.7 Å². The number of aryl methyl sites for hydroxylation is 2. The Kier molecular flexibility index (Phi) is 5.53. The topological polar surface area (TPSA) is 84.8 Å². The van der Waals surface area contributed by atoms with E-state index in [4.69, 9.17) is 5.10 Å². The van der Waals surface area contributed by atoms with Crippen molar-refractivity contribution < 1.29 is 4.79 Å². The van der Waals surface area contributed by atoms with Crippen molar-refractivity contribution in [3.8, 4) is 0 Å². The molecule has 0 spiro atoms. The van der Waals surface area contributed by atoms with Gasteiger partial charge in [0.2, 0.25) is 11.9 Å². The van der Waals surface area contributed by atoms with Gasteiger partial charge in [0.25, 0.3) is 0 Å². The molecular weight excluding hydrogens is 416 g/mol. The average molecular weight is 447 g/mol. The molecule has 2 aromatic heterocycles. The molecule has 33 heavy (non-hydrogen) atoms. The molecule has 4 heterocycles. The van der Waals surface area contributed by atoms with Crippen molar-refractivity contribution in [3.05, 3.63) is 71.2 Å². The van der Waals surface area contributed by atoms with E-state index in [1.54, 1.807) is 0 Å². The van der Waals surface area contributed by atoms with Gasteiger partial charge in [-0.15, -0.1) is 5.10 Å². The molecule has 3 aromatic rings. The van der Waals surface area contributed by atoms with Gasteiger partial charge in [0.05, 0.1) is 12.1 Å². The van der Waals surface area contributed by atoms with Crippen LogP contribution in [-0.2, 0) is 11.2 Å². The monoisotopic (exact) mass is 446 g/mol. The van der Waals surface area contributed by atoms with E-state index in [2.05, 4.69) is 50.4 Å². The predicted molar refractivity (Wildman–Crippen MR) is 128 cm³/mol. The van der Waals surface area contributed by atoms with Crippen LogP contribution in [0.25, 0.3) is 0 Å². The molecule has 1 unspecified atom stereocenters. The standard InChI is InChI=1S/C24H30N8O/c1-17-6-8-19(9-7-17)16-22(33)30-11-13-31(14-12-30)24-28-32-10-4-5-20(32)23(29(24)3)25-21-15-18(2)26-27-21/h4-10,15,23H,11-14,16H2,1-3H3,(H2,25,26,27). The number of benzene rings is 1. The number of hydrogen-bond donors (Lipinski definition) is 2. The Morgan fingerprint density at radius 2 is 1.88 bits per heavy atom. The first kappa shape index (κ1) is 21.1. The first-order valence-electron chi connectivity index (χ1n) is 11.3. The van der Waals surface area contributed by atoms with Crippen LogP contribution in [0.3, 0.4) is 0 Å². The summed E-state index contributed by atoms with van der Waals surface area (Å²) < 4.78 is 1.92. The van der Waals surface area contributed by atoms with Crippen LogP contribution in [0.4, 0.5) is 5.82 Å². The lowest BCUT2D eigenvalue weighted by molar-refractivity contribution is -0.131. The number of guanidine groups is 1. The molecule has 9 heteroatoms. The Hall–Kier alpha value is -3.75. The summed E-state index contributed by atoms with van der Waals surface area (Å²) in [6.45, 7) is 6.90.